The standard InChI is InChI=1S/C27H35Cl2N5O2/c1-18(2)15-23(30)21-5-3-4-6-24(21)32-11-13-33(14-12-32)26(35)25(34-10-9-31-27(34)36)16-19-7-8-20(28)17-22(19)29/h3-8,17-18,23,25H,9-16,30H2,1-2H3,(H,31,36). The second-order valence-electron chi connectivity index (χ2n) is 9.99. The first kappa shape index (κ1) is 26.6. The number of carbonyl (C=O) groups is 2. The second-order valence-corrected chi connectivity index (χ2v) is 10.8. The van der Waals surface area contributed by atoms with E-state index in [2.05, 4.69) is 36.2 Å². The summed E-state index contributed by atoms with van der Waals surface area (Å²) in [6, 6.07) is 12.7. The third-order valence-electron chi connectivity index (χ3n) is 6.97. The monoisotopic (exact) mass is 531 g/mol. The second kappa shape index (κ2) is 11.7. The van der Waals surface area contributed by atoms with Crippen molar-refractivity contribution in [2.75, 3.05) is 44.2 Å². The molecule has 0 radical (unpaired) electrons. The van der Waals surface area contributed by atoms with Crippen molar-refractivity contribution in [3.63, 3.8) is 0 Å². The fraction of sp³-hybridized carbons (Fsp3) is 0.481. The van der Waals surface area contributed by atoms with Crippen molar-refractivity contribution < 1.29 is 9.59 Å². The number of amides is 3. The predicted octanol–water partition coefficient (Wildman–Crippen LogP) is 4.32. The minimum Gasteiger partial charge on any atom is -0.368 e. The van der Waals surface area contributed by atoms with E-state index in [1.165, 1.54) is 0 Å². The molecule has 0 saturated carbocycles. The van der Waals surface area contributed by atoms with E-state index in [9.17, 15) is 9.59 Å². The molecule has 2 aliphatic heterocycles. The molecular formula is C27H35Cl2N5O2. The van der Waals surface area contributed by atoms with E-state index in [0.29, 0.717) is 61.7 Å². The molecule has 2 unspecified atom stereocenters. The zero-order chi connectivity index (χ0) is 25.8. The van der Waals surface area contributed by atoms with Crippen molar-refractivity contribution in [3.8, 4) is 0 Å². The minimum atomic E-state index is -0.621. The molecule has 0 spiro atoms. The van der Waals surface area contributed by atoms with E-state index in [0.717, 1.165) is 23.2 Å². The fourth-order valence-electron chi connectivity index (χ4n) is 5.11. The number of piperazine rings is 1. The van der Waals surface area contributed by atoms with Crippen molar-refractivity contribution in [1.82, 2.24) is 15.1 Å². The van der Waals surface area contributed by atoms with Gasteiger partial charge in [-0.25, -0.2) is 4.79 Å². The lowest BCUT2D eigenvalue weighted by Crippen LogP contribution is -2.56. The molecule has 3 N–H and O–H groups in total. The van der Waals surface area contributed by atoms with Crippen LogP contribution in [0.4, 0.5) is 10.5 Å². The number of rotatable bonds is 8. The van der Waals surface area contributed by atoms with Crippen LogP contribution in [0.3, 0.4) is 0 Å². The first-order chi connectivity index (χ1) is 17.2. The van der Waals surface area contributed by atoms with Gasteiger partial charge in [-0.15, -0.1) is 0 Å². The number of nitrogens with two attached hydrogens (primary N) is 1. The molecule has 2 heterocycles. The van der Waals surface area contributed by atoms with Gasteiger partial charge in [0, 0.05) is 67.5 Å². The summed E-state index contributed by atoms with van der Waals surface area (Å²) < 4.78 is 0. The van der Waals surface area contributed by atoms with Gasteiger partial charge < -0.3 is 25.8 Å². The predicted molar refractivity (Wildman–Crippen MR) is 146 cm³/mol. The lowest BCUT2D eigenvalue weighted by molar-refractivity contribution is -0.136. The van der Waals surface area contributed by atoms with Crippen LogP contribution in [0.15, 0.2) is 42.5 Å². The van der Waals surface area contributed by atoms with Crippen LogP contribution in [0.25, 0.3) is 0 Å². The number of anilines is 1. The smallest absolute Gasteiger partial charge is 0.318 e. The molecule has 2 aromatic rings. The molecule has 0 aliphatic carbocycles. The number of urea groups is 1. The zero-order valence-electron chi connectivity index (χ0n) is 20.9. The molecule has 7 nitrogen and oxygen atoms in total. The Morgan fingerprint density at radius 3 is 2.42 bits per heavy atom. The van der Waals surface area contributed by atoms with Crippen LogP contribution in [0.2, 0.25) is 10.0 Å². The van der Waals surface area contributed by atoms with Crippen LogP contribution in [-0.4, -0.2) is 67.0 Å². The van der Waals surface area contributed by atoms with Crippen molar-refractivity contribution >= 4 is 40.8 Å². The van der Waals surface area contributed by atoms with E-state index < -0.39 is 6.04 Å². The number of halogens is 2. The summed E-state index contributed by atoms with van der Waals surface area (Å²) in [5.41, 5.74) is 9.63. The molecule has 2 aliphatic rings. The Morgan fingerprint density at radius 1 is 1.06 bits per heavy atom. The molecule has 0 bridgehead atoms. The van der Waals surface area contributed by atoms with Crippen molar-refractivity contribution in [3.05, 3.63) is 63.6 Å². The zero-order valence-corrected chi connectivity index (χ0v) is 22.4. The van der Waals surface area contributed by atoms with Crippen LogP contribution < -0.4 is 16.0 Å². The van der Waals surface area contributed by atoms with Gasteiger partial charge >= 0.3 is 6.03 Å². The maximum atomic E-state index is 13.7. The normalized spacial score (nSPS) is 17.9. The highest BCUT2D eigenvalue weighted by molar-refractivity contribution is 6.35. The quantitative estimate of drug-likeness (QED) is 0.531. The molecule has 3 amide bonds. The number of carbonyl (C=O) groups excluding carboxylic acids is 2. The summed E-state index contributed by atoms with van der Waals surface area (Å²) in [7, 11) is 0. The maximum absolute atomic E-state index is 13.7. The first-order valence-corrected chi connectivity index (χ1v) is 13.4. The largest absolute Gasteiger partial charge is 0.368 e. The molecule has 2 saturated heterocycles. The highest BCUT2D eigenvalue weighted by Gasteiger charge is 2.37. The Labute approximate surface area is 223 Å². The summed E-state index contributed by atoms with van der Waals surface area (Å²) in [6.45, 7) is 7.94. The third-order valence-corrected chi connectivity index (χ3v) is 7.56. The van der Waals surface area contributed by atoms with Gasteiger partial charge in [0.2, 0.25) is 5.91 Å². The highest BCUT2D eigenvalue weighted by Crippen LogP contribution is 2.30. The summed E-state index contributed by atoms with van der Waals surface area (Å²) in [4.78, 5) is 32.1. The van der Waals surface area contributed by atoms with Crippen molar-refractivity contribution in [2.24, 2.45) is 11.7 Å². The molecule has 2 fully saturated rings. The van der Waals surface area contributed by atoms with E-state index in [1.54, 1.807) is 17.0 Å². The lowest BCUT2D eigenvalue weighted by Gasteiger charge is -2.40. The number of nitrogens with zero attached hydrogens (tertiary/aromatic N) is 3. The lowest BCUT2D eigenvalue weighted by atomic mass is 9.96. The molecule has 2 atom stereocenters. The Balaban J connectivity index is 1.48. The van der Waals surface area contributed by atoms with Gasteiger partial charge in [0.05, 0.1) is 0 Å². The van der Waals surface area contributed by atoms with Gasteiger partial charge in [-0.2, -0.15) is 0 Å². The average molecular weight is 533 g/mol. The summed E-state index contributed by atoms with van der Waals surface area (Å²) in [6.07, 6.45) is 1.26. The van der Waals surface area contributed by atoms with E-state index >= 15 is 0 Å². The number of benzene rings is 2. The fourth-order valence-corrected chi connectivity index (χ4v) is 5.60. The summed E-state index contributed by atoms with van der Waals surface area (Å²) in [5, 5.41) is 3.85. The minimum absolute atomic E-state index is 0.0250. The Bertz CT molecular complexity index is 1090. The maximum Gasteiger partial charge on any atom is 0.318 e. The number of hydrogen-bond donors (Lipinski definition) is 2. The molecule has 0 aromatic heterocycles. The Morgan fingerprint density at radius 2 is 1.78 bits per heavy atom. The van der Waals surface area contributed by atoms with Crippen LogP contribution in [0.5, 0.6) is 0 Å². The van der Waals surface area contributed by atoms with E-state index in [1.807, 2.05) is 23.1 Å². The highest BCUT2D eigenvalue weighted by atomic mass is 35.5. The molecule has 4 rings (SSSR count). The number of para-hydroxylation sites is 1. The Kier molecular flexibility index (Phi) is 8.65. The molecule has 9 heteroatoms. The van der Waals surface area contributed by atoms with Crippen molar-refractivity contribution in [2.45, 2.75) is 38.8 Å². The molecular weight excluding hydrogens is 497 g/mol. The van der Waals surface area contributed by atoms with Gasteiger partial charge in [-0.05, 0) is 41.7 Å². The number of hydrogen-bond acceptors (Lipinski definition) is 4. The van der Waals surface area contributed by atoms with Gasteiger partial charge in [0.1, 0.15) is 6.04 Å². The summed E-state index contributed by atoms with van der Waals surface area (Å²) >= 11 is 12.5. The average Bonchev–Trinajstić information content (AvgIpc) is 3.28. The van der Waals surface area contributed by atoms with Gasteiger partial charge in [-0.1, -0.05) is 61.3 Å². The van der Waals surface area contributed by atoms with Gasteiger partial charge in [0.25, 0.3) is 0 Å². The van der Waals surface area contributed by atoms with Crippen LogP contribution in [0.1, 0.15) is 37.4 Å². The third kappa shape index (κ3) is 6.07. The molecule has 194 valence electrons. The van der Waals surface area contributed by atoms with Gasteiger partial charge in [-0.3, -0.25) is 4.79 Å². The van der Waals surface area contributed by atoms with Crippen LogP contribution in [-0.2, 0) is 11.2 Å². The molecule has 36 heavy (non-hydrogen) atoms. The molecule has 2 aromatic carbocycles. The first-order valence-electron chi connectivity index (χ1n) is 12.6. The Hall–Kier alpha value is -2.48. The van der Waals surface area contributed by atoms with Crippen molar-refractivity contribution in [1.29, 1.82) is 0 Å². The van der Waals surface area contributed by atoms with Gasteiger partial charge in [0.15, 0.2) is 0 Å². The van der Waals surface area contributed by atoms with Crippen LogP contribution >= 0.6 is 23.2 Å². The topological polar surface area (TPSA) is 81.9 Å². The van der Waals surface area contributed by atoms with E-state index in [4.69, 9.17) is 28.9 Å². The SMILES string of the molecule is CC(C)CC(N)c1ccccc1N1CCN(C(=O)C(Cc2ccc(Cl)cc2Cl)N2CCNC2=O)CC1. The summed E-state index contributed by atoms with van der Waals surface area (Å²) in [5.74, 6) is 0.457. The van der Waals surface area contributed by atoms with Crippen LogP contribution in [0, 0.1) is 5.92 Å². The van der Waals surface area contributed by atoms with E-state index in [-0.39, 0.29) is 18.0 Å². The number of nitrogens with one attached hydrogen (secondary N) is 1.